The molecule has 0 unspecified atom stereocenters. The Morgan fingerprint density at radius 2 is 1.88 bits per heavy atom. The van der Waals surface area contributed by atoms with Crippen LogP contribution in [0.2, 0.25) is 10.0 Å². The van der Waals surface area contributed by atoms with Crippen LogP contribution >= 0.6 is 23.2 Å². The zero-order chi connectivity index (χ0) is 19.1. The lowest BCUT2D eigenvalue weighted by molar-refractivity contribution is -0.126. The SMILES string of the molecule is COc1cc(C=NNC(=O)CC(=O)Nc2ccc(Cl)c(Cl)c2)ccc1C. The summed E-state index contributed by atoms with van der Waals surface area (Å²) in [5.41, 5.74) is 4.50. The van der Waals surface area contributed by atoms with E-state index in [1.54, 1.807) is 25.3 Å². The molecule has 2 aromatic rings. The summed E-state index contributed by atoms with van der Waals surface area (Å²) in [5.74, 6) is -0.313. The fourth-order valence-electron chi connectivity index (χ4n) is 2.06. The van der Waals surface area contributed by atoms with Crippen LogP contribution < -0.4 is 15.5 Å². The van der Waals surface area contributed by atoms with Gasteiger partial charge in [0.15, 0.2) is 0 Å². The number of amides is 2. The Labute approximate surface area is 161 Å². The van der Waals surface area contributed by atoms with E-state index in [9.17, 15) is 9.59 Å². The van der Waals surface area contributed by atoms with Crippen molar-refractivity contribution in [2.75, 3.05) is 12.4 Å². The number of carbonyl (C=O) groups excluding carboxylic acids is 2. The number of rotatable bonds is 6. The summed E-state index contributed by atoms with van der Waals surface area (Å²) in [5, 5.41) is 7.08. The molecule has 0 spiro atoms. The molecule has 0 radical (unpaired) electrons. The van der Waals surface area contributed by atoms with E-state index in [-0.39, 0.29) is 6.42 Å². The maximum Gasteiger partial charge on any atom is 0.249 e. The molecule has 0 aromatic heterocycles. The molecule has 0 aliphatic heterocycles. The van der Waals surface area contributed by atoms with E-state index in [0.717, 1.165) is 16.9 Å². The van der Waals surface area contributed by atoms with E-state index in [1.807, 2.05) is 19.1 Å². The molecule has 0 fully saturated rings. The maximum atomic E-state index is 11.9. The summed E-state index contributed by atoms with van der Waals surface area (Å²) in [7, 11) is 1.58. The third kappa shape index (κ3) is 5.75. The Morgan fingerprint density at radius 1 is 1.12 bits per heavy atom. The van der Waals surface area contributed by atoms with Crippen molar-refractivity contribution < 1.29 is 14.3 Å². The minimum absolute atomic E-state index is 0.312. The number of anilines is 1. The molecule has 0 atom stereocenters. The quantitative estimate of drug-likeness (QED) is 0.445. The summed E-state index contributed by atoms with van der Waals surface area (Å²) < 4.78 is 5.22. The number of hydrazone groups is 1. The minimum Gasteiger partial charge on any atom is -0.496 e. The first-order valence-corrected chi connectivity index (χ1v) is 8.36. The van der Waals surface area contributed by atoms with E-state index < -0.39 is 11.8 Å². The van der Waals surface area contributed by atoms with Crippen molar-refractivity contribution in [1.82, 2.24) is 5.43 Å². The minimum atomic E-state index is -0.544. The van der Waals surface area contributed by atoms with Crippen LogP contribution in [0.15, 0.2) is 41.5 Å². The number of halogens is 2. The molecule has 2 amide bonds. The summed E-state index contributed by atoms with van der Waals surface area (Å²) >= 11 is 11.7. The Morgan fingerprint density at radius 3 is 2.58 bits per heavy atom. The van der Waals surface area contributed by atoms with Gasteiger partial charge in [-0.1, -0.05) is 35.3 Å². The first-order valence-electron chi connectivity index (χ1n) is 7.60. The largest absolute Gasteiger partial charge is 0.496 e. The standard InChI is InChI=1S/C18H17Cl2N3O3/c1-11-3-4-12(7-16(11)26-2)10-21-23-18(25)9-17(24)22-13-5-6-14(19)15(20)8-13/h3-8,10H,9H2,1-2H3,(H,22,24)(H,23,25). The van der Waals surface area contributed by atoms with E-state index in [1.165, 1.54) is 12.3 Å². The Hall–Kier alpha value is -2.57. The summed E-state index contributed by atoms with van der Waals surface area (Å²) in [6, 6.07) is 10.2. The summed E-state index contributed by atoms with van der Waals surface area (Å²) in [6.07, 6.45) is 1.09. The highest BCUT2D eigenvalue weighted by molar-refractivity contribution is 6.42. The highest BCUT2D eigenvalue weighted by Crippen LogP contribution is 2.25. The lowest BCUT2D eigenvalue weighted by Gasteiger charge is -2.06. The van der Waals surface area contributed by atoms with Gasteiger partial charge in [-0.15, -0.1) is 0 Å². The van der Waals surface area contributed by atoms with Gasteiger partial charge in [-0.25, -0.2) is 5.43 Å². The van der Waals surface area contributed by atoms with Gasteiger partial charge in [0.1, 0.15) is 12.2 Å². The highest BCUT2D eigenvalue weighted by Gasteiger charge is 2.10. The number of hydrogen-bond donors (Lipinski definition) is 2. The predicted octanol–water partition coefficient (Wildman–Crippen LogP) is 3.79. The lowest BCUT2D eigenvalue weighted by atomic mass is 10.1. The summed E-state index contributed by atoms with van der Waals surface area (Å²) in [4.78, 5) is 23.6. The van der Waals surface area contributed by atoms with Gasteiger partial charge >= 0.3 is 0 Å². The molecule has 136 valence electrons. The van der Waals surface area contributed by atoms with Gasteiger partial charge in [0, 0.05) is 5.69 Å². The van der Waals surface area contributed by atoms with Crippen LogP contribution in [-0.2, 0) is 9.59 Å². The van der Waals surface area contributed by atoms with Crippen LogP contribution in [0.5, 0.6) is 5.75 Å². The second-order valence-electron chi connectivity index (χ2n) is 5.38. The first kappa shape index (κ1) is 19.8. The molecule has 6 nitrogen and oxygen atoms in total. The van der Waals surface area contributed by atoms with Gasteiger partial charge in [0.05, 0.1) is 23.4 Å². The van der Waals surface area contributed by atoms with Gasteiger partial charge in [-0.3, -0.25) is 9.59 Å². The van der Waals surface area contributed by atoms with E-state index in [0.29, 0.717) is 15.7 Å². The molecule has 8 heteroatoms. The Bertz CT molecular complexity index is 854. The third-order valence-corrected chi connectivity index (χ3v) is 4.10. The molecule has 2 aromatic carbocycles. The number of benzene rings is 2. The number of carbonyl (C=O) groups is 2. The molecule has 0 aliphatic rings. The monoisotopic (exact) mass is 393 g/mol. The average molecular weight is 394 g/mol. The molecule has 0 bridgehead atoms. The molecule has 2 N–H and O–H groups in total. The molecule has 0 saturated carbocycles. The van der Waals surface area contributed by atoms with Crippen molar-refractivity contribution in [3.63, 3.8) is 0 Å². The topological polar surface area (TPSA) is 79.8 Å². The molecular weight excluding hydrogens is 377 g/mol. The van der Waals surface area contributed by atoms with Gasteiger partial charge in [-0.05, 0) is 42.3 Å². The third-order valence-electron chi connectivity index (χ3n) is 3.36. The average Bonchev–Trinajstić information content (AvgIpc) is 2.59. The van der Waals surface area contributed by atoms with Crippen LogP contribution in [0.1, 0.15) is 17.5 Å². The van der Waals surface area contributed by atoms with Crippen LogP contribution in [-0.4, -0.2) is 25.1 Å². The van der Waals surface area contributed by atoms with Crippen molar-refractivity contribution in [3.05, 3.63) is 57.6 Å². The number of methoxy groups -OCH3 is 1. The molecule has 0 aliphatic carbocycles. The number of hydrogen-bond acceptors (Lipinski definition) is 4. The fourth-order valence-corrected chi connectivity index (χ4v) is 2.36. The first-order chi connectivity index (χ1) is 12.4. The molecule has 2 rings (SSSR count). The van der Waals surface area contributed by atoms with Gasteiger partial charge in [0.2, 0.25) is 11.8 Å². The Balaban J connectivity index is 1.86. The van der Waals surface area contributed by atoms with Gasteiger partial charge in [-0.2, -0.15) is 5.10 Å². The van der Waals surface area contributed by atoms with Crippen molar-refractivity contribution in [2.24, 2.45) is 5.10 Å². The van der Waals surface area contributed by atoms with Crippen LogP contribution in [0, 0.1) is 6.92 Å². The number of aryl methyl sites for hydroxylation is 1. The van der Waals surface area contributed by atoms with E-state index in [4.69, 9.17) is 27.9 Å². The molecule has 0 heterocycles. The number of nitrogens with one attached hydrogen (secondary N) is 2. The van der Waals surface area contributed by atoms with Crippen LogP contribution in [0.4, 0.5) is 5.69 Å². The number of ether oxygens (including phenoxy) is 1. The molecule has 26 heavy (non-hydrogen) atoms. The molecular formula is C18H17Cl2N3O3. The number of nitrogens with zero attached hydrogens (tertiary/aromatic N) is 1. The van der Waals surface area contributed by atoms with E-state index >= 15 is 0 Å². The van der Waals surface area contributed by atoms with Crippen molar-refractivity contribution in [2.45, 2.75) is 13.3 Å². The zero-order valence-corrected chi connectivity index (χ0v) is 15.7. The van der Waals surface area contributed by atoms with Crippen molar-refractivity contribution in [1.29, 1.82) is 0 Å². The molecule has 0 saturated heterocycles. The van der Waals surface area contributed by atoms with Crippen molar-refractivity contribution >= 4 is 46.9 Å². The summed E-state index contributed by atoms with van der Waals surface area (Å²) in [6.45, 7) is 1.92. The van der Waals surface area contributed by atoms with Gasteiger partial charge < -0.3 is 10.1 Å². The normalized spacial score (nSPS) is 10.6. The van der Waals surface area contributed by atoms with Gasteiger partial charge in [0.25, 0.3) is 0 Å². The zero-order valence-electron chi connectivity index (χ0n) is 14.2. The smallest absolute Gasteiger partial charge is 0.249 e. The lowest BCUT2D eigenvalue weighted by Crippen LogP contribution is -2.24. The van der Waals surface area contributed by atoms with E-state index in [2.05, 4.69) is 15.8 Å². The van der Waals surface area contributed by atoms with Crippen LogP contribution in [0.3, 0.4) is 0 Å². The second-order valence-corrected chi connectivity index (χ2v) is 6.19. The second kappa shape index (κ2) is 9.22. The Kier molecular flexibility index (Phi) is 7.00. The predicted molar refractivity (Wildman–Crippen MR) is 103 cm³/mol. The maximum absolute atomic E-state index is 11.9. The highest BCUT2D eigenvalue weighted by atomic mass is 35.5. The van der Waals surface area contributed by atoms with Crippen molar-refractivity contribution in [3.8, 4) is 5.75 Å². The fraction of sp³-hybridized carbons (Fsp3) is 0.167. The van der Waals surface area contributed by atoms with Crippen LogP contribution in [0.25, 0.3) is 0 Å².